The van der Waals surface area contributed by atoms with Gasteiger partial charge in [0.15, 0.2) is 0 Å². The number of anilines is 2. The van der Waals surface area contributed by atoms with Crippen molar-refractivity contribution in [2.24, 2.45) is 5.92 Å². The van der Waals surface area contributed by atoms with Crippen LogP contribution in [0.4, 0.5) is 11.4 Å². The number of nitrogens with two attached hydrogens (primary N) is 2. The molecule has 0 saturated heterocycles. The summed E-state index contributed by atoms with van der Waals surface area (Å²) in [5.74, 6) is 3.47. The lowest BCUT2D eigenvalue weighted by molar-refractivity contribution is 0.339. The lowest BCUT2D eigenvalue weighted by Crippen LogP contribution is -2.12. The van der Waals surface area contributed by atoms with Gasteiger partial charge in [0.1, 0.15) is 23.0 Å². The average Bonchev–Trinajstić information content (AvgIpc) is 2.55. The molecule has 2 aromatic carbocycles. The first-order chi connectivity index (χ1) is 11.1. The summed E-state index contributed by atoms with van der Waals surface area (Å²) < 4.78 is 11.8. The predicted octanol–water partition coefficient (Wildman–Crippen LogP) is 4.12. The van der Waals surface area contributed by atoms with E-state index in [9.17, 15) is 0 Å². The molecule has 0 radical (unpaired) electrons. The highest BCUT2D eigenvalue weighted by molar-refractivity contribution is 5.44. The molecule has 1 atom stereocenters. The van der Waals surface area contributed by atoms with E-state index in [0.29, 0.717) is 11.6 Å². The zero-order chi connectivity index (χ0) is 16.2. The van der Waals surface area contributed by atoms with Crippen molar-refractivity contribution in [2.45, 2.75) is 13.3 Å². The molecule has 118 valence electrons. The minimum atomic E-state index is 0.298. The molecule has 1 aliphatic carbocycles. The summed E-state index contributed by atoms with van der Waals surface area (Å²) in [6.45, 7) is 2.12. The van der Waals surface area contributed by atoms with Crippen LogP contribution < -0.4 is 20.9 Å². The lowest BCUT2D eigenvalue weighted by Gasteiger charge is -2.21. The van der Waals surface area contributed by atoms with Gasteiger partial charge in [0.05, 0.1) is 0 Å². The fourth-order valence-corrected chi connectivity index (χ4v) is 2.30. The number of hydrogen-bond donors (Lipinski definition) is 2. The number of hydrogen-bond acceptors (Lipinski definition) is 4. The second kappa shape index (κ2) is 6.48. The average molecular weight is 308 g/mol. The Hall–Kier alpha value is -2.88. The highest BCUT2D eigenvalue weighted by atomic mass is 16.5. The van der Waals surface area contributed by atoms with Crippen LogP contribution in [0, 0.1) is 5.92 Å². The van der Waals surface area contributed by atoms with Crippen LogP contribution in [0.1, 0.15) is 13.3 Å². The van der Waals surface area contributed by atoms with Crippen molar-refractivity contribution in [2.75, 3.05) is 11.5 Å². The molecule has 4 heteroatoms. The molecule has 0 aliphatic heterocycles. The van der Waals surface area contributed by atoms with Gasteiger partial charge >= 0.3 is 0 Å². The summed E-state index contributed by atoms with van der Waals surface area (Å²) in [4.78, 5) is 0. The third kappa shape index (κ3) is 3.86. The zero-order valence-electron chi connectivity index (χ0n) is 13.0. The Kier molecular flexibility index (Phi) is 4.24. The van der Waals surface area contributed by atoms with Crippen LogP contribution >= 0.6 is 0 Å². The molecule has 0 heterocycles. The van der Waals surface area contributed by atoms with Crippen molar-refractivity contribution in [1.82, 2.24) is 0 Å². The molecular formula is C19H20N2O2. The standard InChI is InChI=1S/C19H20N2O2/c1-13-2-7-18(22-16-8-3-14(20)4-9-16)12-19(13)23-17-10-5-15(21)6-11-17/h3-13H,2,20-21H2,1H3. The Labute approximate surface area is 136 Å². The van der Waals surface area contributed by atoms with Gasteiger partial charge in [-0.25, -0.2) is 0 Å². The molecule has 1 unspecified atom stereocenters. The third-order valence-corrected chi connectivity index (χ3v) is 3.67. The molecule has 0 fully saturated rings. The Balaban J connectivity index is 1.74. The monoisotopic (exact) mass is 308 g/mol. The van der Waals surface area contributed by atoms with Crippen molar-refractivity contribution >= 4 is 11.4 Å². The number of rotatable bonds is 4. The van der Waals surface area contributed by atoms with Gasteiger partial charge in [-0.1, -0.05) is 6.92 Å². The zero-order valence-corrected chi connectivity index (χ0v) is 13.0. The maximum atomic E-state index is 5.97. The second-order valence-electron chi connectivity index (χ2n) is 5.63. The molecule has 0 bridgehead atoms. The van der Waals surface area contributed by atoms with Crippen LogP contribution in [0.5, 0.6) is 11.5 Å². The van der Waals surface area contributed by atoms with Crippen LogP contribution in [0.15, 0.2) is 72.2 Å². The number of benzene rings is 2. The topological polar surface area (TPSA) is 70.5 Å². The molecule has 0 saturated carbocycles. The van der Waals surface area contributed by atoms with Gasteiger partial charge < -0.3 is 20.9 Å². The lowest BCUT2D eigenvalue weighted by atomic mass is 10.00. The summed E-state index contributed by atoms with van der Waals surface area (Å²) in [7, 11) is 0. The third-order valence-electron chi connectivity index (χ3n) is 3.67. The highest BCUT2D eigenvalue weighted by Crippen LogP contribution is 2.28. The smallest absolute Gasteiger partial charge is 0.127 e. The van der Waals surface area contributed by atoms with E-state index >= 15 is 0 Å². The molecule has 23 heavy (non-hydrogen) atoms. The molecule has 0 spiro atoms. The van der Waals surface area contributed by atoms with E-state index in [1.165, 1.54) is 0 Å². The number of nitrogen functional groups attached to an aromatic ring is 2. The van der Waals surface area contributed by atoms with Gasteiger partial charge in [0.25, 0.3) is 0 Å². The quantitative estimate of drug-likeness (QED) is 0.834. The Bertz CT molecular complexity index is 731. The minimum Gasteiger partial charge on any atom is -0.461 e. The first kappa shape index (κ1) is 15.0. The SMILES string of the molecule is CC1CC=C(Oc2ccc(N)cc2)C=C1Oc1ccc(N)cc1. The van der Waals surface area contributed by atoms with E-state index in [-0.39, 0.29) is 0 Å². The summed E-state index contributed by atoms with van der Waals surface area (Å²) in [5, 5.41) is 0. The molecular weight excluding hydrogens is 288 g/mol. The molecule has 4 nitrogen and oxygen atoms in total. The number of ether oxygens (including phenoxy) is 2. The van der Waals surface area contributed by atoms with Gasteiger partial charge in [0, 0.05) is 23.4 Å². The predicted molar refractivity (Wildman–Crippen MR) is 92.9 cm³/mol. The maximum Gasteiger partial charge on any atom is 0.127 e. The molecule has 2 aromatic rings. The summed E-state index contributed by atoms with van der Waals surface area (Å²) in [6, 6.07) is 14.7. The minimum absolute atomic E-state index is 0.298. The van der Waals surface area contributed by atoms with Crippen molar-refractivity contribution in [3.05, 3.63) is 72.2 Å². The molecule has 3 rings (SSSR count). The Morgan fingerprint density at radius 1 is 0.826 bits per heavy atom. The number of allylic oxidation sites excluding steroid dienone is 3. The summed E-state index contributed by atoms with van der Waals surface area (Å²) in [5.41, 5.74) is 12.8. The highest BCUT2D eigenvalue weighted by Gasteiger charge is 2.17. The normalized spacial score (nSPS) is 17.2. The molecule has 1 aliphatic rings. The van der Waals surface area contributed by atoms with Gasteiger partial charge in [-0.2, -0.15) is 0 Å². The van der Waals surface area contributed by atoms with Crippen LogP contribution in [0.25, 0.3) is 0 Å². The van der Waals surface area contributed by atoms with Gasteiger partial charge in [-0.3, -0.25) is 0 Å². The van der Waals surface area contributed by atoms with E-state index < -0.39 is 0 Å². The van der Waals surface area contributed by atoms with Crippen molar-refractivity contribution in [1.29, 1.82) is 0 Å². The Morgan fingerprint density at radius 2 is 1.35 bits per heavy atom. The molecule has 0 amide bonds. The van der Waals surface area contributed by atoms with Crippen LogP contribution in [0.2, 0.25) is 0 Å². The van der Waals surface area contributed by atoms with Crippen LogP contribution in [-0.2, 0) is 0 Å². The van der Waals surface area contributed by atoms with E-state index in [1.54, 1.807) is 0 Å². The van der Waals surface area contributed by atoms with Gasteiger partial charge in [-0.15, -0.1) is 0 Å². The maximum absolute atomic E-state index is 5.97. The summed E-state index contributed by atoms with van der Waals surface area (Å²) in [6.07, 6.45) is 4.86. The Morgan fingerprint density at radius 3 is 1.91 bits per heavy atom. The fraction of sp³-hybridized carbons (Fsp3) is 0.158. The largest absolute Gasteiger partial charge is 0.461 e. The summed E-state index contributed by atoms with van der Waals surface area (Å²) >= 11 is 0. The van der Waals surface area contributed by atoms with E-state index in [4.69, 9.17) is 20.9 Å². The van der Waals surface area contributed by atoms with Crippen molar-refractivity contribution < 1.29 is 9.47 Å². The van der Waals surface area contributed by atoms with Crippen molar-refractivity contribution in [3.63, 3.8) is 0 Å². The van der Waals surface area contributed by atoms with Gasteiger partial charge in [-0.05, 0) is 61.0 Å². The van der Waals surface area contributed by atoms with Gasteiger partial charge in [0.2, 0.25) is 0 Å². The second-order valence-corrected chi connectivity index (χ2v) is 5.63. The van der Waals surface area contributed by atoms with Crippen molar-refractivity contribution in [3.8, 4) is 11.5 Å². The first-order valence-corrected chi connectivity index (χ1v) is 7.59. The first-order valence-electron chi connectivity index (χ1n) is 7.59. The molecule has 0 aromatic heterocycles. The van der Waals surface area contributed by atoms with E-state index in [1.807, 2.05) is 54.6 Å². The van der Waals surface area contributed by atoms with E-state index in [0.717, 1.165) is 35.1 Å². The fourth-order valence-electron chi connectivity index (χ4n) is 2.30. The van der Waals surface area contributed by atoms with E-state index in [2.05, 4.69) is 13.0 Å². The van der Waals surface area contributed by atoms with Crippen LogP contribution in [-0.4, -0.2) is 0 Å². The van der Waals surface area contributed by atoms with Crippen LogP contribution in [0.3, 0.4) is 0 Å². The molecule has 4 N–H and O–H groups in total.